The Balaban J connectivity index is 2.33. The Labute approximate surface area is 108 Å². The molecule has 0 radical (unpaired) electrons. The van der Waals surface area contributed by atoms with Crippen molar-refractivity contribution >= 4 is 18.0 Å². The molecular formula is C14H10F2OS. The highest BCUT2D eigenvalue weighted by Crippen LogP contribution is 2.31. The Bertz CT molecular complexity index is 596. The van der Waals surface area contributed by atoms with Gasteiger partial charge < -0.3 is 0 Å². The molecule has 0 saturated carbocycles. The van der Waals surface area contributed by atoms with Crippen LogP contribution in [0.25, 0.3) is 0 Å². The molecule has 18 heavy (non-hydrogen) atoms. The summed E-state index contributed by atoms with van der Waals surface area (Å²) in [6, 6.07) is 9.10. The summed E-state index contributed by atoms with van der Waals surface area (Å²) >= 11 is 1.23. The van der Waals surface area contributed by atoms with Gasteiger partial charge in [-0.1, -0.05) is 23.4 Å². The molecule has 0 fully saturated rings. The van der Waals surface area contributed by atoms with E-state index in [9.17, 15) is 13.6 Å². The molecule has 0 spiro atoms. The largest absolute Gasteiger partial charge is 0.298 e. The third-order valence-corrected chi connectivity index (χ3v) is 3.49. The van der Waals surface area contributed by atoms with Crippen molar-refractivity contribution in [3.05, 3.63) is 59.2 Å². The molecule has 2 aromatic rings. The van der Waals surface area contributed by atoms with Gasteiger partial charge in [-0.3, -0.25) is 4.79 Å². The monoisotopic (exact) mass is 264 g/mol. The quantitative estimate of drug-likeness (QED) is 0.771. The van der Waals surface area contributed by atoms with Gasteiger partial charge in [-0.15, -0.1) is 0 Å². The van der Waals surface area contributed by atoms with Crippen LogP contribution >= 0.6 is 11.8 Å². The summed E-state index contributed by atoms with van der Waals surface area (Å²) in [5.41, 5.74) is 1.52. The van der Waals surface area contributed by atoms with Crippen molar-refractivity contribution in [1.82, 2.24) is 0 Å². The van der Waals surface area contributed by atoms with Crippen molar-refractivity contribution < 1.29 is 13.6 Å². The summed E-state index contributed by atoms with van der Waals surface area (Å²) in [7, 11) is 0. The van der Waals surface area contributed by atoms with Crippen LogP contribution in [0.3, 0.4) is 0 Å². The smallest absolute Gasteiger partial charge is 0.159 e. The van der Waals surface area contributed by atoms with E-state index in [1.165, 1.54) is 17.8 Å². The molecule has 0 aliphatic rings. The van der Waals surface area contributed by atoms with Crippen LogP contribution in [0.1, 0.15) is 15.9 Å². The molecule has 0 N–H and O–H groups in total. The normalized spacial score (nSPS) is 10.4. The number of carbonyl (C=O) groups excluding carboxylic acids is 1. The summed E-state index contributed by atoms with van der Waals surface area (Å²) in [5, 5.41) is 0. The lowest BCUT2D eigenvalue weighted by Gasteiger charge is -2.06. The molecule has 0 bridgehead atoms. The highest BCUT2D eigenvalue weighted by molar-refractivity contribution is 7.99. The molecule has 2 aromatic carbocycles. The standard InChI is InChI=1S/C14H10F2OS/c1-9-2-5-14(10(6-9)8-17)18-11-3-4-12(15)13(16)7-11/h2-8H,1H3. The number of aldehydes is 1. The molecule has 0 aliphatic carbocycles. The van der Waals surface area contributed by atoms with Crippen molar-refractivity contribution in [3.8, 4) is 0 Å². The average molecular weight is 264 g/mol. The lowest BCUT2D eigenvalue weighted by Crippen LogP contribution is -1.88. The fourth-order valence-corrected chi connectivity index (χ4v) is 2.43. The van der Waals surface area contributed by atoms with E-state index in [1.807, 2.05) is 13.0 Å². The van der Waals surface area contributed by atoms with Gasteiger partial charge in [0.25, 0.3) is 0 Å². The van der Waals surface area contributed by atoms with Gasteiger partial charge in [0.15, 0.2) is 17.9 Å². The molecule has 0 unspecified atom stereocenters. The first-order valence-electron chi connectivity index (χ1n) is 5.29. The van der Waals surface area contributed by atoms with E-state index in [0.29, 0.717) is 10.5 Å². The van der Waals surface area contributed by atoms with E-state index >= 15 is 0 Å². The van der Waals surface area contributed by atoms with Gasteiger partial charge in [0.05, 0.1) is 0 Å². The Morgan fingerprint density at radius 2 is 1.83 bits per heavy atom. The molecule has 0 aromatic heterocycles. The summed E-state index contributed by atoms with van der Waals surface area (Å²) in [6.07, 6.45) is 0.759. The predicted molar refractivity (Wildman–Crippen MR) is 67.0 cm³/mol. The van der Waals surface area contributed by atoms with Crippen LogP contribution in [0.2, 0.25) is 0 Å². The van der Waals surface area contributed by atoms with E-state index in [1.54, 1.807) is 12.1 Å². The highest BCUT2D eigenvalue weighted by atomic mass is 32.2. The zero-order valence-corrected chi connectivity index (χ0v) is 10.4. The molecule has 0 heterocycles. The lowest BCUT2D eigenvalue weighted by atomic mass is 10.2. The number of benzene rings is 2. The summed E-state index contributed by atoms with van der Waals surface area (Å²) < 4.78 is 25.9. The van der Waals surface area contributed by atoms with E-state index in [-0.39, 0.29) is 0 Å². The number of hydrogen-bond acceptors (Lipinski definition) is 2. The second-order valence-electron chi connectivity index (χ2n) is 3.84. The SMILES string of the molecule is Cc1ccc(Sc2ccc(F)c(F)c2)c(C=O)c1. The van der Waals surface area contributed by atoms with Crippen LogP contribution in [0.4, 0.5) is 8.78 Å². The first-order valence-corrected chi connectivity index (χ1v) is 6.10. The van der Waals surface area contributed by atoms with Crippen molar-refractivity contribution in [1.29, 1.82) is 0 Å². The van der Waals surface area contributed by atoms with Crippen molar-refractivity contribution in [2.45, 2.75) is 16.7 Å². The fourth-order valence-electron chi connectivity index (χ4n) is 1.52. The van der Waals surface area contributed by atoms with Crippen molar-refractivity contribution in [2.75, 3.05) is 0 Å². The summed E-state index contributed by atoms with van der Waals surface area (Å²) in [5.74, 6) is -1.77. The highest BCUT2D eigenvalue weighted by Gasteiger charge is 2.07. The van der Waals surface area contributed by atoms with Crippen LogP contribution in [-0.2, 0) is 0 Å². The molecule has 92 valence electrons. The second kappa shape index (κ2) is 5.31. The van der Waals surface area contributed by atoms with Crippen LogP contribution in [-0.4, -0.2) is 6.29 Å². The third kappa shape index (κ3) is 2.76. The Morgan fingerprint density at radius 1 is 1.06 bits per heavy atom. The molecule has 2 rings (SSSR count). The van der Waals surface area contributed by atoms with Gasteiger partial charge in [0.1, 0.15) is 0 Å². The maximum atomic E-state index is 13.1. The van der Waals surface area contributed by atoms with Gasteiger partial charge >= 0.3 is 0 Å². The van der Waals surface area contributed by atoms with Crippen molar-refractivity contribution in [3.63, 3.8) is 0 Å². The summed E-state index contributed by atoms with van der Waals surface area (Å²) in [4.78, 5) is 12.2. The fraction of sp³-hybridized carbons (Fsp3) is 0.0714. The molecule has 4 heteroatoms. The van der Waals surface area contributed by atoms with Gasteiger partial charge in [0.2, 0.25) is 0 Å². The Hall–Kier alpha value is -1.68. The average Bonchev–Trinajstić information content (AvgIpc) is 2.36. The maximum Gasteiger partial charge on any atom is 0.159 e. The number of aryl methyl sites for hydroxylation is 1. The first-order chi connectivity index (χ1) is 8.60. The van der Waals surface area contributed by atoms with E-state index in [0.717, 1.165) is 28.9 Å². The number of hydrogen-bond donors (Lipinski definition) is 0. The van der Waals surface area contributed by atoms with Crippen LogP contribution < -0.4 is 0 Å². The number of halogens is 2. The van der Waals surface area contributed by atoms with Crippen LogP contribution in [0, 0.1) is 18.6 Å². The molecule has 0 amide bonds. The molecule has 0 aliphatic heterocycles. The van der Waals surface area contributed by atoms with Crippen molar-refractivity contribution in [2.24, 2.45) is 0 Å². The zero-order valence-electron chi connectivity index (χ0n) is 9.61. The molecule has 0 atom stereocenters. The molecule has 1 nitrogen and oxygen atoms in total. The Kier molecular flexibility index (Phi) is 3.77. The van der Waals surface area contributed by atoms with E-state index in [2.05, 4.69) is 0 Å². The summed E-state index contributed by atoms with van der Waals surface area (Å²) in [6.45, 7) is 1.89. The van der Waals surface area contributed by atoms with Gasteiger partial charge in [-0.05, 0) is 37.3 Å². The minimum atomic E-state index is -0.889. The lowest BCUT2D eigenvalue weighted by molar-refractivity contribution is 0.112. The van der Waals surface area contributed by atoms with Gasteiger partial charge in [-0.25, -0.2) is 8.78 Å². The maximum absolute atomic E-state index is 13.1. The Morgan fingerprint density at radius 3 is 2.50 bits per heavy atom. The second-order valence-corrected chi connectivity index (χ2v) is 4.95. The topological polar surface area (TPSA) is 17.1 Å². The van der Waals surface area contributed by atoms with E-state index in [4.69, 9.17) is 0 Å². The van der Waals surface area contributed by atoms with Crippen LogP contribution in [0.15, 0.2) is 46.2 Å². The zero-order chi connectivity index (χ0) is 13.1. The van der Waals surface area contributed by atoms with Gasteiger partial charge in [-0.2, -0.15) is 0 Å². The minimum absolute atomic E-state index is 0.546. The van der Waals surface area contributed by atoms with E-state index < -0.39 is 11.6 Å². The number of carbonyl (C=O) groups is 1. The minimum Gasteiger partial charge on any atom is -0.298 e. The predicted octanol–water partition coefficient (Wildman–Crippen LogP) is 4.24. The first kappa shape index (κ1) is 12.8. The third-order valence-electron chi connectivity index (χ3n) is 2.41. The molecule has 0 saturated heterocycles. The molecular weight excluding hydrogens is 254 g/mol. The van der Waals surface area contributed by atoms with Gasteiger partial charge in [0, 0.05) is 15.4 Å². The van der Waals surface area contributed by atoms with Crippen LogP contribution in [0.5, 0.6) is 0 Å². The number of rotatable bonds is 3.